The molecule has 1 aromatic heterocycles. The van der Waals surface area contributed by atoms with Crippen molar-refractivity contribution in [1.29, 1.82) is 0 Å². The molecule has 0 saturated heterocycles. The van der Waals surface area contributed by atoms with E-state index in [2.05, 4.69) is 5.10 Å². The molecule has 2 rings (SSSR count). The van der Waals surface area contributed by atoms with Crippen LogP contribution in [0.15, 0.2) is 18.2 Å². The Balaban J connectivity index is 2.32. The van der Waals surface area contributed by atoms with Crippen molar-refractivity contribution in [2.75, 3.05) is 0 Å². The van der Waals surface area contributed by atoms with Crippen molar-refractivity contribution in [2.45, 2.75) is 32.9 Å². The van der Waals surface area contributed by atoms with Gasteiger partial charge in [-0.1, -0.05) is 46.9 Å². The van der Waals surface area contributed by atoms with Gasteiger partial charge in [-0.25, -0.2) is 0 Å². The second-order valence-corrected chi connectivity index (χ2v) is 5.78. The molecule has 0 aliphatic heterocycles. The molecule has 0 spiro atoms. The molecule has 0 radical (unpaired) electrons. The molecule has 108 valence electrons. The lowest BCUT2D eigenvalue weighted by atomic mass is 10.0. The van der Waals surface area contributed by atoms with Gasteiger partial charge in [0.25, 0.3) is 0 Å². The number of aryl methyl sites for hydroxylation is 2. The molecular weight excluding hydrogens is 317 g/mol. The van der Waals surface area contributed by atoms with E-state index in [-0.39, 0.29) is 6.04 Å². The van der Waals surface area contributed by atoms with E-state index >= 15 is 0 Å². The fourth-order valence-electron chi connectivity index (χ4n) is 2.19. The van der Waals surface area contributed by atoms with E-state index in [1.807, 2.05) is 30.7 Å². The van der Waals surface area contributed by atoms with Crippen molar-refractivity contribution >= 4 is 34.8 Å². The summed E-state index contributed by atoms with van der Waals surface area (Å²) in [6, 6.07) is 5.19. The maximum absolute atomic E-state index is 6.30. The largest absolute Gasteiger partial charge is 0.324 e. The van der Waals surface area contributed by atoms with Crippen LogP contribution >= 0.6 is 34.8 Å². The zero-order valence-corrected chi connectivity index (χ0v) is 13.6. The maximum atomic E-state index is 6.30. The summed E-state index contributed by atoms with van der Waals surface area (Å²) in [5, 5.41) is 6.06. The van der Waals surface area contributed by atoms with E-state index in [1.165, 1.54) is 0 Å². The van der Waals surface area contributed by atoms with Gasteiger partial charge in [-0.3, -0.25) is 4.68 Å². The highest BCUT2D eigenvalue weighted by atomic mass is 35.5. The van der Waals surface area contributed by atoms with Crippen LogP contribution in [0.2, 0.25) is 15.1 Å². The smallest absolute Gasteiger partial charge is 0.0847 e. The molecule has 0 aliphatic carbocycles. The van der Waals surface area contributed by atoms with Crippen LogP contribution in [0.25, 0.3) is 0 Å². The standard InChI is InChI=1S/C14H16Cl3N3/c1-3-20-12(13(16)8(2)19-20)7-11(18)9-5-4-6-10(15)14(9)17/h4-6,11H,3,7,18H2,1-2H3. The van der Waals surface area contributed by atoms with E-state index in [0.717, 1.165) is 23.5 Å². The Morgan fingerprint density at radius 3 is 2.60 bits per heavy atom. The molecule has 1 atom stereocenters. The Labute approximate surface area is 133 Å². The molecule has 6 heteroatoms. The lowest BCUT2D eigenvalue weighted by Crippen LogP contribution is -2.17. The summed E-state index contributed by atoms with van der Waals surface area (Å²) in [5.74, 6) is 0. The molecule has 1 heterocycles. The zero-order valence-electron chi connectivity index (χ0n) is 11.3. The summed E-state index contributed by atoms with van der Waals surface area (Å²) in [7, 11) is 0. The topological polar surface area (TPSA) is 43.8 Å². The fourth-order valence-corrected chi connectivity index (χ4v) is 2.85. The van der Waals surface area contributed by atoms with E-state index in [0.29, 0.717) is 21.5 Å². The maximum Gasteiger partial charge on any atom is 0.0847 e. The van der Waals surface area contributed by atoms with Gasteiger partial charge in [0.05, 0.1) is 26.5 Å². The molecule has 2 aromatic rings. The Kier molecular flexibility index (Phi) is 4.97. The van der Waals surface area contributed by atoms with Gasteiger partial charge in [0.2, 0.25) is 0 Å². The highest BCUT2D eigenvalue weighted by Crippen LogP contribution is 2.32. The average Bonchev–Trinajstić information content (AvgIpc) is 2.69. The van der Waals surface area contributed by atoms with Gasteiger partial charge >= 0.3 is 0 Å². The second kappa shape index (κ2) is 6.35. The van der Waals surface area contributed by atoms with Crippen molar-refractivity contribution in [3.8, 4) is 0 Å². The number of hydrogen-bond acceptors (Lipinski definition) is 2. The van der Waals surface area contributed by atoms with Crippen LogP contribution in [-0.4, -0.2) is 9.78 Å². The van der Waals surface area contributed by atoms with Crippen LogP contribution in [-0.2, 0) is 13.0 Å². The summed E-state index contributed by atoms with van der Waals surface area (Å²) in [6.07, 6.45) is 0.563. The summed E-state index contributed by atoms with van der Waals surface area (Å²) < 4.78 is 1.87. The highest BCUT2D eigenvalue weighted by Gasteiger charge is 2.19. The van der Waals surface area contributed by atoms with E-state index in [1.54, 1.807) is 6.07 Å². The van der Waals surface area contributed by atoms with Gasteiger partial charge in [0.1, 0.15) is 0 Å². The highest BCUT2D eigenvalue weighted by molar-refractivity contribution is 6.42. The summed E-state index contributed by atoms with van der Waals surface area (Å²) in [4.78, 5) is 0. The Morgan fingerprint density at radius 1 is 1.25 bits per heavy atom. The van der Waals surface area contributed by atoms with E-state index in [9.17, 15) is 0 Å². The molecule has 0 fully saturated rings. The zero-order chi connectivity index (χ0) is 14.9. The molecule has 1 unspecified atom stereocenters. The minimum absolute atomic E-state index is 0.278. The number of hydrogen-bond donors (Lipinski definition) is 1. The summed E-state index contributed by atoms with van der Waals surface area (Å²) >= 11 is 18.5. The lowest BCUT2D eigenvalue weighted by Gasteiger charge is -2.15. The van der Waals surface area contributed by atoms with Crippen LogP contribution in [0, 0.1) is 6.92 Å². The van der Waals surface area contributed by atoms with Gasteiger partial charge in [-0.2, -0.15) is 5.10 Å². The minimum atomic E-state index is -0.278. The SMILES string of the molecule is CCn1nc(C)c(Cl)c1CC(N)c1cccc(Cl)c1Cl. The van der Waals surface area contributed by atoms with Crippen LogP contribution in [0.5, 0.6) is 0 Å². The number of rotatable bonds is 4. The molecule has 20 heavy (non-hydrogen) atoms. The number of halogens is 3. The van der Waals surface area contributed by atoms with Crippen LogP contribution in [0.1, 0.15) is 29.9 Å². The minimum Gasteiger partial charge on any atom is -0.324 e. The van der Waals surface area contributed by atoms with Gasteiger partial charge in [-0.05, 0) is 25.5 Å². The van der Waals surface area contributed by atoms with Crippen molar-refractivity contribution in [1.82, 2.24) is 9.78 Å². The molecule has 1 aromatic carbocycles. The fraction of sp³-hybridized carbons (Fsp3) is 0.357. The average molecular weight is 333 g/mol. The van der Waals surface area contributed by atoms with Crippen LogP contribution < -0.4 is 5.73 Å². The summed E-state index contributed by atoms with van der Waals surface area (Å²) in [5.41, 5.74) is 8.81. The first-order chi connectivity index (χ1) is 9.45. The predicted octanol–water partition coefficient (Wildman–Crippen LogP) is 4.41. The number of nitrogens with two attached hydrogens (primary N) is 1. The monoisotopic (exact) mass is 331 g/mol. The van der Waals surface area contributed by atoms with Gasteiger partial charge in [0, 0.05) is 19.0 Å². The summed E-state index contributed by atoms with van der Waals surface area (Å²) in [6.45, 7) is 4.65. The first-order valence-electron chi connectivity index (χ1n) is 6.37. The first kappa shape index (κ1) is 15.6. The molecular formula is C14H16Cl3N3. The van der Waals surface area contributed by atoms with E-state index in [4.69, 9.17) is 40.5 Å². The second-order valence-electron chi connectivity index (χ2n) is 4.62. The van der Waals surface area contributed by atoms with Crippen LogP contribution in [0.4, 0.5) is 0 Å². The molecule has 0 amide bonds. The third kappa shape index (κ3) is 2.96. The predicted molar refractivity (Wildman–Crippen MR) is 84.7 cm³/mol. The lowest BCUT2D eigenvalue weighted by molar-refractivity contribution is 0.587. The van der Waals surface area contributed by atoms with Gasteiger partial charge < -0.3 is 5.73 Å². The Morgan fingerprint density at radius 2 is 1.95 bits per heavy atom. The van der Waals surface area contributed by atoms with E-state index < -0.39 is 0 Å². The first-order valence-corrected chi connectivity index (χ1v) is 7.50. The molecule has 0 bridgehead atoms. The van der Waals surface area contributed by atoms with Crippen molar-refractivity contribution in [2.24, 2.45) is 5.73 Å². The van der Waals surface area contributed by atoms with Crippen molar-refractivity contribution in [3.05, 3.63) is 50.2 Å². The number of nitrogens with zero attached hydrogens (tertiary/aromatic N) is 2. The normalized spacial score (nSPS) is 12.7. The molecule has 2 N–H and O–H groups in total. The Hall–Kier alpha value is -0.740. The Bertz CT molecular complexity index is 622. The van der Waals surface area contributed by atoms with Crippen molar-refractivity contribution in [3.63, 3.8) is 0 Å². The van der Waals surface area contributed by atoms with Gasteiger partial charge in [-0.15, -0.1) is 0 Å². The van der Waals surface area contributed by atoms with Crippen molar-refractivity contribution < 1.29 is 0 Å². The molecule has 0 aliphatic rings. The molecule has 0 saturated carbocycles. The van der Waals surface area contributed by atoms with Gasteiger partial charge in [0.15, 0.2) is 0 Å². The number of benzene rings is 1. The third-order valence-corrected chi connectivity index (χ3v) is 4.57. The third-order valence-electron chi connectivity index (χ3n) is 3.25. The quantitative estimate of drug-likeness (QED) is 0.901. The number of aromatic nitrogens is 2. The molecule has 3 nitrogen and oxygen atoms in total. The van der Waals surface area contributed by atoms with Crippen LogP contribution in [0.3, 0.4) is 0 Å².